The van der Waals surface area contributed by atoms with Crippen LogP contribution in [0.1, 0.15) is 0 Å². The van der Waals surface area contributed by atoms with Gasteiger partial charge in [0.1, 0.15) is 0 Å². The van der Waals surface area contributed by atoms with Crippen molar-refractivity contribution in [1.82, 2.24) is 0 Å². The van der Waals surface area contributed by atoms with Crippen molar-refractivity contribution in [1.29, 1.82) is 0 Å². The third-order valence-corrected chi connectivity index (χ3v) is 0. The molecule has 0 aromatic rings. The molecule has 0 saturated carbocycles. The van der Waals surface area contributed by atoms with Gasteiger partial charge in [-0.3, -0.25) is 0 Å². The van der Waals surface area contributed by atoms with E-state index >= 15 is 0 Å². The second kappa shape index (κ2) is 1.73. The fraction of sp³-hybridized carbons (Fsp3) is 0. The van der Waals surface area contributed by atoms with Gasteiger partial charge in [-0.1, -0.05) is 0 Å². The molecule has 0 N–H and O–H groups in total. The Balaban J connectivity index is 2.32. The molecule has 0 nitrogen and oxygen atoms in total. The van der Waals surface area contributed by atoms with Gasteiger partial charge in [0.15, 0.2) is 0 Å². The summed E-state index contributed by atoms with van der Waals surface area (Å²) in [4.78, 5) is 0. The van der Waals surface area contributed by atoms with E-state index in [1.165, 1.54) is 0 Å². The van der Waals surface area contributed by atoms with Crippen molar-refractivity contribution in [3.8, 4) is 0 Å². The molecule has 4 heteroatoms. The summed E-state index contributed by atoms with van der Waals surface area (Å²) in [5.74, 6) is 0. The fourth-order valence-corrected chi connectivity index (χ4v) is 0. The first-order valence-electron chi connectivity index (χ1n) is 0.401. The molecular weight excluding hydrogens is 487 g/mol. The Hall–Kier alpha value is 0.440. The predicted octanol–water partition coefficient (Wildman–Crippen LogP) is 2.54. The molecule has 29 valence electrons. The summed E-state index contributed by atoms with van der Waals surface area (Å²) >= 11 is 9.90. The first-order chi connectivity index (χ1) is 1.73. The van der Waals surface area contributed by atoms with Gasteiger partial charge in [0.2, 0.25) is 0 Å². The third-order valence-electron chi connectivity index (χ3n) is 0. The van der Waals surface area contributed by atoms with Gasteiger partial charge in [0.25, 0.3) is 0 Å². The van der Waals surface area contributed by atoms with Crippen LogP contribution in [0.25, 0.3) is 0 Å². The Morgan fingerprint density at radius 1 is 1.00 bits per heavy atom. The average molecular weight is 487 g/mol. The van der Waals surface area contributed by atoms with Crippen molar-refractivity contribution in [2.24, 2.45) is 0 Å². The standard InChI is InChI=1S/3BrH.Cm/h3*1H;/q;;;+3/p-3. The van der Waals surface area contributed by atoms with E-state index in [4.69, 9.17) is 0 Å². The van der Waals surface area contributed by atoms with Gasteiger partial charge in [-0.05, 0) is 0 Å². The van der Waals surface area contributed by atoms with Gasteiger partial charge in [-0.2, -0.15) is 0 Å². The zero-order chi connectivity index (χ0) is 3.58. The molecular formula is Br3Cm. The van der Waals surface area contributed by atoms with Gasteiger partial charge in [-0.15, -0.1) is 0 Å². The Labute approximate surface area is 50.9 Å². The number of hydrogen-bond donors (Lipinski definition) is 0. The van der Waals surface area contributed by atoms with E-state index in [0.717, 1.165) is 0 Å². The average Bonchev–Trinajstić information content (AvgIpc) is 0.811. The Bertz CT molecular complexity index is 8.00. The van der Waals surface area contributed by atoms with Crippen LogP contribution in [-0.4, -0.2) is 0 Å². The molecule has 0 fully saturated rings. The van der Waals surface area contributed by atoms with Crippen LogP contribution in [-0.2, 0) is 0 Å². The minimum atomic E-state index is -1.10. The van der Waals surface area contributed by atoms with Crippen molar-refractivity contribution in [3.63, 3.8) is 0 Å². The van der Waals surface area contributed by atoms with Crippen LogP contribution in [0, 0.1) is 0 Å². The van der Waals surface area contributed by atoms with Crippen LogP contribution in [0.3, 0.4) is 0 Å². The second-order valence-electron chi connectivity index (χ2n) is 0.152. The number of halogens is 3. The van der Waals surface area contributed by atoms with E-state index in [-0.39, 0.29) is 0 Å². The minimum absolute atomic E-state index is 1.10. The Morgan fingerprint density at radius 3 is 1.00 bits per heavy atom. The van der Waals surface area contributed by atoms with Crippen molar-refractivity contribution in [2.75, 3.05) is 0 Å². The maximum absolute atomic E-state index is 3.30. The Morgan fingerprint density at radius 2 is 1.00 bits per heavy atom. The predicted molar refractivity (Wildman–Crippen MR) is 26.8 cm³/mol. The van der Waals surface area contributed by atoms with Gasteiger partial charge < -0.3 is 0 Å². The van der Waals surface area contributed by atoms with Crippen molar-refractivity contribution < 1.29 is 0 Å². The SMILES string of the molecule is [Br][Cm]([Br])[Br]. The molecule has 0 rings (SSSR count). The third kappa shape index (κ3) is 26.1. The summed E-state index contributed by atoms with van der Waals surface area (Å²) in [6.07, 6.45) is 0. The topological polar surface area (TPSA) is 0 Å². The van der Waals surface area contributed by atoms with E-state index in [0.29, 0.717) is 0 Å². The van der Waals surface area contributed by atoms with Crippen molar-refractivity contribution in [2.45, 2.75) is 0 Å². The summed E-state index contributed by atoms with van der Waals surface area (Å²) in [7, 11) is 0. The first kappa shape index (κ1) is 4.44. The van der Waals surface area contributed by atoms with E-state index in [9.17, 15) is 0 Å². The monoisotopic (exact) mass is 480 g/mol. The molecule has 0 aliphatic rings. The van der Waals surface area contributed by atoms with Crippen molar-refractivity contribution in [3.05, 3.63) is 0 Å². The first-order valence-corrected chi connectivity index (χ1v) is 19.4. The molecule has 0 aromatic carbocycles. The van der Waals surface area contributed by atoms with Crippen LogP contribution >= 0.6 is 50.9 Å². The van der Waals surface area contributed by atoms with Gasteiger partial charge >= 0.3 is 50.9 Å². The maximum atomic E-state index is 3.30. The van der Waals surface area contributed by atoms with Crippen molar-refractivity contribution >= 4 is 50.9 Å². The van der Waals surface area contributed by atoms with Gasteiger partial charge in [0.05, 0.1) is 0 Å². The molecule has 0 radical (unpaired) electrons. The molecule has 0 atom stereocenters. The summed E-state index contributed by atoms with van der Waals surface area (Å²) in [5.41, 5.74) is 0. The van der Waals surface area contributed by atoms with E-state index in [1.807, 2.05) is 0 Å². The quantitative estimate of drug-likeness (QED) is 0.494. The second-order valence-corrected chi connectivity index (χ2v) is 38.2. The van der Waals surface area contributed by atoms with E-state index in [2.05, 4.69) is 50.9 Å². The molecule has 0 amide bonds. The summed E-state index contributed by atoms with van der Waals surface area (Å²) in [6.45, 7) is 0. The zero-order valence-corrected chi connectivity index (χ0v) is 9.19. The molecule has 0 aliphatic carbocycles. The van der Waals surface area contributed by atoms with Gasteiger partial charge in [-0.25, -0.2) is 0 Å². The fourth-order valence-electron chi connectivity index (χ4n) is 0. The molecule has 4 heavy (non-hydrogen) atoms. The summed E-state index contributed by atoms with van der Waals surface area (Å²) < 4.78 is -1.10. The van der Waals surface area contributed by atoms with Crippen LogP contribution in [0.2, 0.25) is 0 Å². The van der Waals surface area contributed by atoms with Crippen LogP contribution in [0.15, 0.2) is 0 Å². The molecule has 0 spiro atoms. The van der Waals surface area contributed by atoms with Gasteiger partial charge in [0, 0.05) is 0 Å². The van der Waals surface area contributed by atoms with E-state index in [1.54, 1.807) is 0 Å². The molecule has 0 aliphatic heterocycles. The molecule has 0 saturated heterocycles. The van der Waals surface area contributed by atoms with Crippen LogP contribution < -0.4 is 0 Å². The molecule has 0 unspecified atom stereocenters. The normalized spacial score (nSPS) is 6.75. The molecule has 0 aromatic heterocycles. The van der Waals surface area contributed by atoms with Crippen LogP contribution in [0.5, 0.6) is 0 Å². The summed E-state index contributed by atoms with van der Waals surface area (Å²) in [6, 6.07) is 0. The summed E-state index contributed by atoms with van der Waals surface area (Å²) in [5, 5.41) is 0. The Kier molecular flexibility index (Phi) is 1.92. The van der Waals surface area contributed by atoms with Crippen LogP contribution in [0.4, 0.5) is 0 Å². The number of rotatable bonds is 0. The molecule has 0 heterocycles. The van der Waals surface area contributed by atoms with E-state index < -0.39 is 0 Å². The number of hydrogen-bond acceptors (Lipinski definition) is 0. The molecule has 0 bridgehead atoms. The zero-order valence-electron chi connectivity index (χ0n) is 1.49.